The Morgan fingerprint density at radius 1 is 1.33 bits per heavy atom. The molecule has 5 heteroatoms. The van der Waals surface area contributed by atoms with Crippen LogP contribution in [0.25, 0.3) is 0 Å². The Labute approximate surface area is 129 Å². The van der Waals surface area contributed by atoms with Gasteiger partial charge in [-0.25, -0.2) is 9.37 Å². The van der Waals surface area contributed by atoms with Crippen molar-refractivity contribution in [3.63, 3.8) is 0 Å². The summed E-state index contributed by atoms with van der Waals surface area (Å²) < 4.78 is 18.8. The molecule has 1 aromatic heterocycles. The lowest BCUT2D eigenvalue weighted by molar-refractivity contribution is 0.460. The van der Waals surface area contributed by atoms with Crippen molar-refractivity contribution in [2.45, 2.75) is 33.4 Å². The fraction of sp³-hybridized carbons (Fsp3) is 0.312. The van der Waals surface area contributed by atoms with Gasteiger partial charge < -0.3 is 10.1 Å². The van der Waals surface area contributed by atoms with E-state index >= 15 is 0 Å². The fourth-order valence-electron chi connectivity index (χ4n) is 1.75. The van der Waals surface area contributed by atoms with E-state index in [1.807, 2.05) is 6.07 Å². The van der Waals surface area contributed by atoms with Crippen LogP contribution in [0.5, 0.6) is 11.6 Å². The molecule has 0 saturated heterocycles. The van der Waals surface area contributed by atoms with E-state index in [-0.39, 0.29) is 5.82 Å². The largest absolute Gasteiger partial charge is 0.438 e. The van der Waals surface area contributed by atoms with Crippen LogP contribution in [0.2, 0.25) is 5.02 Å². The summed E-state index contributed by atoms with van der Waals surface area (Å²) in [6.45, 7) is 6.52. The van der Waals surface area contributed by atoms with Gasteiger partial charge in [0.15, 0.2) is 0 Å². The maximum atomic E-state index is 13.2. The summed E-state index contributed by atoms with van der Waals surface area (Å²) in [7, 11) is 0. The third-order valence-electron chi connectivity index (χ3n) is 2.92. The first kappa shape index (κ1) is 15.7. The molecule has 112 valence electrons. The van der Waals surface area contributed by atoms with Gasteiger partial charge in [-0.2, -0.15) is 0 Å². The first-order valence-corrected chi connectivity index (χ1v) is 7.15. The van der Waals surface area contributed by atoms with E-state index in [4.69, 9.17) is 16.3 Å². The van der Waals surface area contributed by atoms with E-state index in [1.165, 1.54) is 6.07 Å². The fourth-order valence-corrected chi connectivity index (χ4v) is 1.98. The third kappa shape index (κ3) is 4.41. The average molecular weight is 309 g/mol. The number of hydrogen-bond donors (Lipinski definition) is 1. The molecule has 0 fully saturated rings. The molecule has 0 bridgehead atoms. The van der Waals surface area contributed by atoms with Crippen LogP contribution in [0.15, 0.2) is 30.5 Å². The van der Waals surface area contributed by atoms with Gasteiger partial charge in [0, 0.05) is 18.8 Å². The summed E-state index contributed by atoms with van der Waals surface area (Å²) in [4.78, 5) is 4.22. The van der Waals surface area contributed by atoms with E-state index in [1.54, 1.807) is 25.3 Å². The zero-order valence-electron chi connectivity index (χ0n) is 12.3. The maximum Gasteiger partial charge on any atom is 0.238 e. The van der Waals surface area contributed by atoms with Crippen molar-refractivity contribution in [2.75, 3.05) is 0 Å². The monoisotopic (exact) mass is 308 g/mol. The van der Waals surface area contributed by atoms with E-state index in [0.29, 0.717) is 34.8 Å². The minimum atomic E-state index is -0.267. The van der Waals surface area contributed by atoms with Crippen LogP contribution in [-0.2, 0) is 6.54 Å². The Balaban J connectivity index is 2.11. The molecule has 0 aliphatic heterocycles. The standard InChI is InChI=1S/C16H18ClFN2O/c1-10(2)19-8-12-7-14(17)16(20-9-12)21-13-4-5-15(18)11(3)6-13/h4-7,9-10,19H,8H2,1-3H3. The molecule has 0 radical (unpaired) electrons. The predicted octanol–water partition coefficient (Wildman–Crippen LogP) is 4.47. The topological polar surface area (TPSA) is 34.1 Å². The van der Waals surface area contributed by atoms with Gasteiger partial charge in [0.1, 0.15) is 16.6 Å². The molecule has 2 aromatic rings. The van der Waals surface area contributed by atoms with E-state index in [2.05, 4.69) is 24.1 Å². The van der Waals surface area contributed by atoms with Gasteiger partial charge in [-0.05, 0) is 42.3 Å². The van der Waals surface area contributed by atoms with Crippen LogP contribution in [0.3, 0.4) is 0 Å². The first-order valence-electron chi connectivity index (χ1n) is 6.77. The second kappa shape index (κ2) is 6.87. The van der Waals surface area contributed by atoms with Crippen LogP contribution in [0, 0.1) is 12.7 Å². The zero-order valence-corrected chi connectivity index (χ0v) is 13.0. The molecule has 1 aromatic carbocycles. The summed E-state index contributed by atoms with van der Waals surface area (Å²) in [5, 5.41) is 3.72. The minimum Gasteiger partial charge on any atom is -0.438 e. The van der Waals surface area contributed by atoms with Gasteiger partial charge in [0.2, 0.25) is 5.88 Å². The van der Waals surface area contributed by atoms with Gasteiger partial charge in [0.25, 0.3) is 0 Å². The van der Waals surface area contributed by atoms with E-state index < -0.39 is 0 Å². The van der Waals surface area contributed by atoms with Crippen molar-refractivity contribution in [1.29, 1.82) is 0 Å². The molecule has 2 rings (SSSR count). The predicted molar refractivity (Wildman–Crippen MR) is 82.4 cm³/mol. The molecule has 0 spiro atoms. The number of pyridine rings is 1. The van der Waals surface area contributed by atoms with Gasteiger partial charge in [-0.1, -0.05) is 25.4 Å². The Kier molecular flexibility index (Phi) is 5.15. The quantitative estimate of drug-likeness (QED) is 0.884. The van der Waals surface area contributed by atoms with Crippen molar-refractivity contribution in [3.05, 3.63) is 52.4 Å². The van der Waals surface area contributed by atoms with Crippen LogP contribution in [0.4, 0.5) is 4.39 Å². The number of hydrogen-bond acceptors (Lipinski definition) is 3. The summed E-state index contributed by atoms with van der Waals surface area (Å²) in [5.74, 6) is 0.559. The number of halogens is 2. The molecule has 0 atom stereocenters. The zero-order chi connectivity index (χ0) is 15.4. The molecule has 0 amide bonds. The smallest absolute Gasteiger partial charge is 0.238 e. The highest BCUT2D eigenvalue weighted by molar-refractivity contribution is 6.31. The third-order valence-corrected chi connectivity index (χ3v) is 3.19. The van der Waals surface area contributed by atoms with Gasteiger partial charge in [-0.15, -0.1) is 0 Å². The minimum absolute atomic E-state index is 0.267. The number of nitrogens with one attached hydrogen (secondary N) is 1. The Morgan fingerprint density at radius 2 is 2.10 bits per heavy atom. The van der Waals surface area contributed by atoms with Crippen LogP contribution in [0.1, 0.15) is 25.0 Å². The molecule has 0 saturated carbocycles. The van der Waals surface area contributed by atoms with Crippen molar-refractivity contribution < 1.29 is 9.13 Å². The molecular formula is C16H18ClFN2O. The van der Waals surface area contributed by atoms with Crippen LogP contribution in [-0.4, -0.2) is 11.0 Å². The lowest BCUT2D eigenvalue weighted by atomic mass is 10.2. The van der Waals surface area contributed by atoms with Gasteiger partial charge >= 0.3 is 0 Å². The summed E-state index contributed by atoms with van der Waals surface area (Å²) >= 11 is 6.18. The first-order chi connectivity index (χ1) is 9.95. The van der Waals surface area contributed by atoms with Gasteiger partial charge in [0.05, 0.1) is 0 Å². The number of ether oxygens (including phenoxy) is 1. The van der Waals surface area contributed by atoms with Crippen molar-refractivity contribution in [2.24, 2.45) is 0 Å². The highest BCUT2D eigenvalue weighted by atomic mass is 35.5. The molecule has 1 N–H and O–H groups in total. The number of aromatic nitrogens is 1. The van der Waals surface area contributed by atoms with E-state index in [0.717, 1.165) is 5.56 Å². The Hall–Kier alpha value is -1.65. The number of rotatable bonds is 5. The lowest BCUT2D eigenvalue weighted by Gasteiger charge is -2.11. The molecule has 0 aliphatic carbocycles. The molecule has 0 aliphatic rings. The molecule has 1 heterocycles. The number of nitrogens with zero attached hydrogens (tertiary/aromatic N) is 1. The number of benzene rings is 1. The van der Waals surface area contributed by atoms with Crippen LogP contribution >= 0.6 is 11.6 Å². The van der Waals surface area contributed by atoms with Crippen molar-refractivity contribution >= 4 is 11.6 Å². The maximum absolute atomic E-state index is 13.2. The highest BCUT2D eigenvalue weighted by Gasteiger charge is 2.08. The molecule has 0 unspecified atom stereocenters. The summed E-state index contributed by atoms with van der Waals surface area (Å²) in [6.07, 6.45) is 1.72. The lowest BCUT2D eigenvalue weighted by Crippen LogP contribution is -2.21. The van der Waals surface area contributed by atoms with Crippen molar-refractivity contribution in [3.8, 4) is 11.6 Å². The molecular weight excluding hydrogens is 291 g/mol. The Bertz CT molecular complexity index is 632. The average Bonchev–Trinajstić information content (AvgIpc) is 2.43. The Morgan fingerprint density at radius 3 is 2.71 bits per heavy atom. The normalized spacial score (nSPS) is 11.0. The van der Waals surface area contributed by atoms with Crippen molar-refractivity contribution in [1.82, 2.24) is 10.3 Å². The SMILES string of the molecule is Cc1cc(Oc2ncc(CNC(C)C)cc2Cl)ccc1F. The van der Waals surface area contributed by atoms with Crippen LogP contribution < -0.4 is 10.1 Å². The second-order valence-electron chi connectivity index (χ2n) is 5.18. The van der Waals surface area contributed by atoms with Gasteiger partial charge in [-0.3, -0.25) is 0 Å². The number of aryl methyl sites for hydroxylation is 1. The highest BCUT2D eigenvalue weighted by Crippen LogP contribution is 2.28. The second-order valence-corrected chi connectivity index (χ2v) is 5.59. The summed E-state index contributed by atoms with van der Waals surface area (Å²) in [5.41, 5.74) is 1.50. The van der Waals surface area contributed by atoms with E-state index in [9.17, 15) is 4.39 Å². The molecule has 21 heavy (non-hydrogen) atoms. The summed E-state index contributed by atoms with van der Waals surface area (Å²) in [6, 6.07) is 6.73. The molecule has 3 nitrogen and oxygen atoms in total.